The molecule has 23 heavy (non-hydrogen) atoms. The second-order valence-electron chi connectivity index (χ2n) is 4.73. The Morgan fingerprint density at radius 2 is 1.74 bits per heavy atom. The number of rotatable bonds is 5. The van der Waals surface area contributed by atoms with Crippen LogP contribution in [-0.4, -0.2) is 31.9 Å². The highest BCUT2D eigenvalue weighted by molar-refractivity contribution is 8.00. The maximum absolute atomic E-state index is 11.9. The molecule has 0 saturated heterocycles. The molecular formula is C17H18N2O3S. The van der Waals surface area contributed by atoms with E-state index in [9.17, 15) is 9.59 Å². The Hall–Kier alpha value is -2.47. The van der Waals surface area contributed by atoms with Crippen molar-refractivity contribution in [2.45, 2.75) is 4.90 Å². The smallest absolute Gasteiger partial charge is 0.413 e. The summed E-state index contributed by atoms with van der Waals surface area (Å²) < 4.78 is 4.65. The number of nitrogens with one attached hydrogen (secondary N) is 1. The van der Waals surface area contributed by atoms with E-state index in [0.717, 1.165) is 4.90 Å². The molecule has 2 aromatic rings. The summed E-state index contributed by atoms with van der Waals surface area (Å²) in [5.74, 6) is 0.265. The third-order valence-electron chi connectivity index (χ3n) is 3.10. The first-order chi connectivity index (χ1) is 11.1. The van der Waals surface area contributed by atoms with Gasteiger partial charge in [-0.15, -0.1) is 11.8 Å². The van der Waals surface area contributed by atoms with Crippen LogP contribution in [0.4, 0.5) is 16.2 Å². The highest BCUT2D eigenvalue weighted by Crippen LogP contribution is 2.19. The van der Waals surface area contributed by atoms with Gasteiger partial charge in [0.15, 0.2) is 0 Å². The molecule has 0 heterocycles. The fourth-order valence-electron chi connectivity index (χ4n) is 1.87. The molecule has 0 saturated carbocycles. The molecule has 1 N–H and O–H groups in total. The van der Waals surface area contributed by atoms with Crippen LogP contribution in [0.15, 0.2) is 59.5 Å². The molecule has 2 aromatic carbocycles. The Morgan fingerprint density at radius 3 is 2.35 bits per heavy atom. The quantitative estimate of drug-likeness (QED) is 0.851. The molecule has 0 aromatic heterocycles. The van der Waals surface area contributed by atoms with Crippen molar-refractivity contribution in [2.24, 2.45) is 0 Å². The van der Waals surface area contributed by atoms with Crippen LogP contribution >= 0.6 is 11.8 Å². The predicted octanol–water partition coefficient (Wildman–Crippen LogP) is 3.62. The van der Waals surface area contributed by atoms with E-state index in [1.165, 1.54) is 23.8 Å². The number of ether oxygens (including phenoxy) is 1. The Morgan fingerprint density at radius 1 is 1.09 bits per heavy atom. The molecule has 6 heteroatoms. The second-order valence-corrected chi connectivity index (χ2v) is 5.77. The Kier molecular flexibility index (Phi) is 6.05. The van der Waals surface area contributed by atoms with Crippen molar-refractivity contribution >= 4 is 35.1 Å². The molecule has 0 radical (unpaired) electrons. The van der Waals surface area contributed by atoms with E-state index in [4.69, 9.17) is 0 Å². The average molecular weight is 330 g/mol. The molecule has 0 bridgehead atoms. The van der Waals surface area contributed by atoms with Crippen molar-refractivity contribution in [2.75, 3.05) is 30.1 Å². The van der Waals surface area contributed by atoms with Gasteiger partial charge in [-0.05, 0) is 36.4 Å². The maximum atomic E-state index is 11.9. The molecule has 0 aliphatic heterocycles. The van der Waals surface area contributed by atoms with Crippen LogP contribution in [0.1, 0.15) is 0 Å². The van der Waals surface area contributed by atoms with E-state index in [0.29, 0.717) is 17.1 Å². The zero-order chi connectivity index (χ0) is 16.7. The van der Waals surface area contributed by atoms with Gasteiger partial charge in [0.2, 0.25) is 5.91 Å². The van der Waals surface area contributed by atoms with Crippen LogP contribution in [0, 0.1) is 0 Å². The molecule has 0 aliphatic rings. The van der Waals surface area contributed by atoms with Crippen LogP contribution < -0.4 is 10.2 Å². The summed E-state index contributed by atoms with van der Waals surface area (Å²) in [5.41, 5.74) is 1.37. The van der Waals surface area contributed by atoms with Crippen molar-refractivity contribution in [1.82, 2.24) is 0 Å². The van der Waals surface area contributed by atoms with Crippen LogP contribution in [-0.2, 0) is 9.53 Å². The van der Waals surface area contributed by atoms with Gasteiger partial charge in [-0.1, -0.05) is 18.2 Å². The second kappa shape index (κ2) is 8.24. The van der Waals surface area contributed by atoms with Crippen molar-refractivity contribution < 1.29 is 14.3 Å². The Balaban J connectivity index is 1.88. The number of hydrogen-bond donors (Lipinski definition) is 1. The molecule has 2 amide bonds. The van der Waals surface area contributed by atoms with E-state index in [1.807, 2.05) is 30.3 Å². The largest absolute Gasteiger partial charge is 0.452 e. The number of methoxy groups -OCH3 is 1. The summed E-state index contributed by atoms with van der Waals surface area (Å²) >= 11 is 1.48. The minimum Gasteiger partial charge on any atom is -0.452 e. The fourth-order valence-corrected chi connectivity index (χ4v) is 2.59. The number of hydrogen-bond acceptors (Lipinski definition) is 4. The number of nitrogens with zero attached hydrogens (tertiary/aromatic N) is 1. The maximum Gasteiger partial charge on any atom is 0.413 e. The van der Waals surface area contributed by atoms with Gasteiger partial charge < -0.3 is 10.1 Å². The topological polar surface area (TPSA) is 58.6 Å². The lowest BCUT2D eigenvalue weighted by molar-refractivity contribution is -0.113. The van der Waals surface area contributed by atoms with Gasteiger partial charge in [0.1, 0.15) is 0 Å². The summed E-state index contributed by atoms with van der Waals surface area (Å²) in [6.45, 7) is 0. The summed E-state index contributed by atoms with van der Waals surface area (Å²) in [5, 5.41) is 2.83. The van der Waals surface area contributed by atoms with Gasteiger partial charge in [-0.3, -0.25) is 9.69 Å². The van der Waals surface area contributed by atoms with Gasteiger partial charge in [0, 0.05) is 23.3 Å². The molecule has 0 fully saturated rings. The van der Waals surface area contributed by atoms with E-state index in [1.54, 1.807) is 31.3 Å². The first-order valence-electron chi connectivity index (χ1n) is 6.99. The monoisotopic (exact) mass is 330 g/mol. The Labute approximate surface area is 139 Å². The molecule has 0 atom stereocenters. The number of thioether (sulfide) groups is 1. The van der Waals surface area contributed by atoms with Gasteiger partial charge in [-0.2, -0.15) is 0 Å². The third-order valence-corrected chi connectivity index (χ3v) is 4.11. The zero-order valence-corrected chi connectivity index (χ0v) is 13.8. The van der Waals surface area contributed by atoms with E-state index in [2.05, 4.69) is 10.1 Å². The normalized spacial score (nSPS) is 10.0. The summed E-state index contributed by atoms with van der Waals surface area (Å²) in [7, 11) is 2.95. The minimum atomic E-state index is -0.443. The zero-order valence-electron chi connectivity index (χ0n) is 13.0. The van der Waals surface area contributed by atoms with Crippen LogP contribution in [0.2, 0.25) is 0 Å². The molecule has 5 nitrogen and oxygen atoms in total. The number of carbonyl (C=O) groups excluding carboxylic acids is 2. The minimum absolute atomic E-state index is 0.0760. The van der Waals surface area contributed by atoms with Crippen LogP contribution in [0.5, 0.6) is 0 Å². The highest BCUT2D eigenvalue weighted by Gasteiger charge is 2.10. The van der Waals surface area contributed by atoms with Crippen molar-refractivity contribution in [3.8, 4) is 0 Å². The molecule has 120 valence electrons. The van der Waals surface area contributed by atoms with Crippen molar-refractivity contribution in [3.05, 3.63) is 54.6 Å². The van der Waals surface area contributed by atoms with Gasteiger partial charge in [0.05, 0.1) is 12.9 Å². The lowest BCUT2D eigenvalue weighted by Crippen LogP contribution is -2.25. The SMILES string of the molecule is COC(=O)N(C)c1ccc(NC(=O)CSc2ccccc2)cc1. The van der Waals surface area contributed by atoms with E-state index >= 15 is 0 Å². The van der Waals surface area contributed by atoms with Crippen molar-refractivity contribution in [3.63, 3.8) is 0 Å². The summed E-state index contributed by atoms with van der Waals surface area (Å²) in [6, 6.07) is 16.8. The first kappa shape index (κ1) is 16.9. The molecule has 0 aliphatic carbocycles. The van der Waals surface area contributed by atoms with E-state index < -0.39 is 6.09 Å². The van der Waals surface area contributed by atoms with Gasteiger partial charge in [0.25, 0.3) is 0 Å². The molecule has 2 rings (SSSR count). The fraction of sp³-hybridized carbons (Fsp3) is 0.176. The number of anilines is 2. The number of carbonyl (C=O) groups is 2. The molecule has 0 unspecified atom stereocenters. The Bertz CT molecular complexity index is 659. The predicted molar refractivity (Wildman–Crippen MR) is 93.0 cm³/mol. The lowest BCUT2D eigenvalue weighted by Gasteiger charge is -2.15. The van der Waals surface area contributed by atoms with Gasteiger partial charge in [-0.25, -0.2) is 4.79 Å². The highest BCUT2D eigenvalue weighted by atomic mass is 32.2. The average Bonchev–Trinajstić information content (AvgIpc) is 2.60. The standard InChI is InChI=1S/C17H18N2O3S/c1-19(17(21)22-2)14-10-8-13(9-11-14)18-16(20)12-23-15-6-4-3-5-7-15/h3-11H,12H2,1-2H3,(H,18,20). The van der Waals surface area contributed by atoms with E-state index in [-0.39, 0.29) is 5.91 Å². The summed E-state index contributed by atoms with van der Waals surface area (Å²) in [6.07, 6.45) is -0.443. The first-order valence-corrected chi connectivity index (χ1v) is 7.98. The third kappa shape index (κ3) is 5.03. The van der Waals surface area contributed by atoms with Crippen molar-refractivity contribution in [1.29, 1.82) is 0 Å². The lowest BCUT2D eigenvalue weighted by atomic mass is 10.2. The summed E-state index contributed by atoms with van der Waals surface area (Å²) in [4.78, 5) is 25.8. The van der Waals surface area contributed by atoms with Gasteiger partial charge >= 0.3 is 6.09 Å². The molecule has 0 spiro atoms. The number of amides is 2. The van der Waals surface area contributed by atoms with Crippen LogP contribution in [0.3, 0.4) is 0 Å². The molecular weight excluding hydrogens is 312 g/mol. The van der Waals surface area contributed by atoms with Crippen LogP contribution in [0.25, 0.3) is 0 Å². The number of benzene rings is 2.